The Kier molecular flexibility index (Phi) is 7.63. The molecule has 2 heterocycles. The van der Waals surface area contributed by atoms with Crippen molar-refractivity contribution < 1.29 is 32.2 Å². The van der Waals surface area contributed by atoms with Crippen LogP contribution in [0.1, 0.15) is 32.6 Å². The third-order valence-electron chi connectivity index (χ3n) is 6.92. The first-order chi connectivity index (χ1) is 20.2. The molecule has 4 aromatic carbocycles. The second-order valence-corrected chi connectivity index (χ2v) is 12.7. The van der Waals surface area contributed by atoms with Gasteiger partial charge in [-0.2, -0.15) is 0 Å². The number of ether oxygens (including phenoxy) is 2. The quantitative estimate of drug-likeness (QED) is 0.243. The van der Waals surface area contributed by atoms with Crippen LogP contribution in [0.15, 0.2) is 95.9 Å². The van der Waals surface area contributed by atoms with E-state index in [2.05, 4.69) is 9.71 Å². The minimum atomic E-state index is -4.02. The van der Waals surface area contributed by atoms with Crippen LogP contribution < -0.4 is 14.2 Å². The molecule has 0 spiro atoms. The molecule has 2 N–H and O–H groups in total. The van der Waals surface area contributed by atoms with Crippen LogP contribution in [0.25, 0.3) is 10.2 Å². The van der Waals surface area contributed by atoms with E-state index in [0.29, 0.717) is 34.0 Å². The van der Waals surface area contributed by atoms with Crippen molar-refractivity contribution in [1.82, 2.24) is 9.71 Å². The lowest BCUT2D eigenvalue weighted by atomic mass is 9.87. The summed E-state index contributed by atoms with van der Waals surface area (Å²) >= 11 is 1.42. The predicted molar refractivity (Wildman–Crippen MR) is 156 cm³/mol. The fraction of sp³-hybridized carbons (Fsp3) is 0.161. The maximum atomic E-state index is 13.5. The second-order valence-electron chi connectivity index (χ2n) is 9.88. The Labute approximate surface area is 245 Å². The smallest absolute Gasteiger partial charge is 0.265 e. The van der Waals surface area contributed by atoms with Crippen molar-refractivity contribution in [2.45, 2.75) is 24.0 Å². The summed E-state index contributed by atoms with van der Waals surface area (Å²) in [7, 11) is -4.02. The van der Waals surface area contributed by atoms with Crippen molar-refractivity contribution in [2.24, 2.45) is 5.92 Å². The monoisotopic (exact) mass is 604 g/mol. The van der Waals surface area contributed by atoms with Gasteiger partial charge in [-0.05, 0) is 66.6 Å². The maximum Gasteiger partial charge on any atom is 0.265 e. The van der Waals surface area contributed by atoms with Gasteiger partial charge in [-0.15, -0.1) is 11.3 Å². The van der Waals surface area contributed by atoms with Gasteiger partial charge >= 0.3 is 0 Å². The number of thiazole rings is 1. The number of sulfonamides is 1. The molecule has 0 aliphatic carbocycles. The molecule has 5 aromatic rings. The van der Waals surface area contributed by atoms with Crippen molar-refractivity contribution in [3.63, 3.8) is 0 Å². The number of carbonyl (C=O) groups excluding carboxylic acids is 1. The van der Waals surface area contributed by atoms with Crippen molar-refractivity contribution >= 4 is 37.5 Å². The molecule has 0 unspecified atom stereocenters. The molecular formula is C31H25FN2O6S2. The normalized spacial score (nSPS) is 16.4. The Morgan fingerprint density at radius 3 is 2.71 bits per heavy atom. The number of fused-ring (bicyclic) bond motifs is 2. The molecule has 214 valence electrons. The number of nitrogens with zero attached hydrogens (tertiary/aromatic N) is 1. The third kappa shape index (κ3) is 5.98. The molecule has 2 atom stereocenters. The Morgan fingerprint density at radius 2 is 1.88 bits per heavy atom. The largest absolute Gasteiger partial charge is 0.493 e. The van der Waals surface area contributed by atoms with Crippen molar-refractivity contribution in [1.29, 1.82) is 0 Å². The van der Waals surface area contributed by atoms with Gasteiger partial charge in [-0.25, -0.2) is 22.5 Å². The number of aliphatic hydroxyl groups excluding tert-OH is 1. The lowest BCUT2D eigenvalue weighted by Gasteiger charge is -2.30. The average Bonchev–Trinajstić information content (AvgIpc) is 3.40. The lowest BCUT2D eigenvalue weighted by molar-refractivity contribution is 0.0504. The Balaban J connectivity index is 1.12. The van der Waals surface area contributed by atoms with Gasteiger partial charge in [0.05, 0.1) is 27.8 Å². The minimum absolute atomic E-state index is 0.00513. The zero-order valence-corrected chi connectivity index (χ0v) is 23.7. The highest BCUT2D eigenvalue weighted by molar-refractivity contribution is 7.90. The summed E-state index contributed by atoms with van der Waals surface area (Å²) < 4.78 is 53.5. The van der Waals surface area contributed by atoms with Crippen molar-refractivity contribution in [3.8, 4) is 11.5 Å². The number of hydrogen-bond acceptors (Lipinski definition) is 8. The molecule has 1 amide bonds. The highest BCUT2D eigenvalue weighted by Gasteiger charge is 2.30. The summed E-state index contributed by atoms with van der Waals surface area (Å²) in [6.07, 6.45) is -0.473. The van der Waals surface area contributed by atoms with Gasteiger partial charge in [0, 0.05) is 23.1 Å². The molecule has 0 saturated heterocycles. The summed E-state index contributed by atoms with van der Waals surface area (Å²) in [5.74, 6) is -0.323. The number of benzene rings is 4. The van der Waals surface area contributed by atoms with E-state index in [0.717, 1.165) is 10.3 Å². The molecule has 0 bridgehead atoms. The zero-order chi connectivity index (χ0) is 29.3. The van der Waals surface area contributed by atoms with Gasteiger partial charge < -0.3 is 14.6 Å². The zero-order valence-electron chi connectivity index (χ0n) is 22.1. The van der Waals surface area contributed by atoms with Gasteiger partial charge in [0.2, 0.25) is 0 Å². The standard InChI is InChI=1S/C31H25FN2O6S2/c32-22-9-12-28-26(15-22)33-29(41-28)18-39-23-10-11-27-25(16-23)30(35)21(17-40-27)14-19-5-4-6-20(13-19)31(36)34-42(37,38)24-7-2-1-3-8-24/h1-13,15-16,21,30,35H,14,17-18H2,(H,34,36)/t21-,30-/m1/s1. The molecule has 6 rings (SSSR count). The Bertz CT molecular complexity index is 1880. The fourth-order valence-electron chi connectivity index (χ4n) is 4.83. The molecule has 0 saturated carbocycles. The fourth-order valence-corrected chi connectivity index (χ4v) is 6.68. The SMILES string of the molecule is O=C(NS(=O)(=O)c1ccccc1)c1cccc(C[C@@H]2COc3ccc(OCc4nc5cc(F)ccc5s4)cc3[C@@H]2O)c1. The number of nitrogens with one attached hydrogen (secondary N) is 1. The highest BCUT2D eigenvalue weighted by atomic mass is 32.2. The van der Waals surface area contributed by atoms with E-state index in [1.54, 1.807) is 54.6 Å². The van der Waals surface area contributed by atoms with Crippen LogP contribution in [-0.2, 0) is 23.1 Å². The van der Waals surface area contributed by atoms with E-state index >= 15 is 0 Å². The van der Waals surface area contributed by atoms with Gasteiger partial charge in [0.1, 0.15) is 28.9 Å². The number of hydrogen-bond donors (Lipinski definition) is 2. The topological polar surface area (TPSA) is 115 Å². The number of aromatic nitrogens is 1. The van der Waals surface area contributed by atoms with Crippen molar-refractivity contribution in [3.05, 3.63) is 119 Å². The Hall–Kier alpha value is -4.32. The average molecular weight is 605 g/mol. The number of halogens is 1. The second kappa shape index (κ2) is 11.5. The Morgan fingerprint density at radius 1 is 1.05 bits per heavy atom. The summed E-state index contributed by atoms with van der Waals surface area (Å²) in [4.78, 5) is 17.2. The summed E-state index contributed by atoms with van der Waals surface area (Å²) in [6.45, 7) is 0.449. The van der Waals surface area contributed by atoms with Crippen molar-refractivity contribution in [2.75, 3.05) is 6.61 Å². The van der Waals surface area contributed by atoms with Crippen LogP contribution in [-0.4, -0.2) is 31.0 Å². The third-order valence-corrected chi connectivity index (χ3v) is 9.28. The highest BCUT2D eigenvalue weighted by Crippen LogP contribution is 2.39. The lowest BCUT2D eigenvalue weighted by Crippen LogP contribution is -2.31. The number of aliphatic hydroxyl groups is 1. The van der Waals surface area contributed by atoms with Crippen LogP contribution in [0.4, 0.5) is 4.39 Å². The van der Waals surface area contributed by atoms with E-state index in [9.17, 15) is 22.7 Å². The molecule has 1 aliphatic rings. The van der Waals surface area contributed by atoms with Crippen LogP contribution in [0, 0.1) is 11.7 Å². The van der Waals surface area contributed by atoms with Crippen LogP contribution in [0.3, 0.4) is 0 Å². The molecule has 1 aliphatic heterocycles. The summed E-state index contributed by atoms with van der Waals surface area (Å²) in [5.41, 5.74) is 2.09. The van der Waals surface area contributed by atoms with E-state index in [-0.39, 0.29) is 35.4 Å². The molecule has 42 heavy (non-hydrogen) atoms. The van der Waals surface area contributed by atoms with E-state index in [4.69, 9.17) is 9.47 Å². The molecule has 0 fully saturated rings. The molecule has 11 heteroatoms. The first kappa shape index (κ1) is 27.8. The van der Waals surface area contributed by atoms with Crippen LogP contribution >= 0.6 is 11.3 Å². The van der Waals surface area contributed by atoms with E-state index < -0.39 is 22.0 Å². The summed E-state index contributed by atoms with van der Waals surface area (Å²) in [6, 6.07) is 24.0. The van der Waals surface area contributed by atoms with Gasteiger partial charge in [0.15, 0.2) is 0 Å². The first-order valence-corrected chi connectivity index (χ1v) is 15.4. The van der Waals surface area contributed by atoms with Gasteiger partial charge in [0.25, 0.3) is 15.9 Å². The predicted octanol–water partition coefficient (Wildman–Crippen LogP) is 5.42. The molecular weight excluding hydrogens is 579 g/mol. The number of rotatable bonds is 8. The number of amides is 1. The number of carbonyl (C=O) groups is 1. The van der Waals surface area contributed by atoms with Crippen LogP contribution in [0.5, 0.6) is 11.5 Å². The summed E-state index contributed by atoms with van der Waals surface area (Å²) in [5, 5.41) is 11.9. The van der Waals surface area contributed by atoms with E-state index in [1.807, 2.05) is 6.07 Å². The molecule has 1 aromatic heterocycles. The van der Waals surface area contributed by atoms with Crippen LogP contribution in [0.2, 0.25) is 0 Å². The van der Waals surface area contributed by atoms with E-state index in [1.165, 1.54) is 41.7 Å². The van der Waals surface area contributed by atoms with Gasteiger partial charge in [-0.3, -0.25) is 4.79 Å². The minimum Gasteiger partial charge on any atom is -0.493 e. The maximum absolute atomic E-state index is 13.5. The van der Waals surface area contributed by atoms with Gasteiger partial charge in [-0.1, -0.05) is 30.3 Å². The molecule has 8 nitrogen and oxygen atoms in total. The first-order valence-electron chi connectivity index (χ1n) is 13.1. The molecule has 0 radical (unpaired) electrons.